The van der Waals surface area contributed by atoms with Gasteiger partial charge in [-0.2, -0.15) is 0 Å². The summed E-state index contributed by atoms with van der Waals surface area (Å²) in [6, 6.07) is 1.18. The molecule has 0 aliphatic carbocycles. The van der Waals surface area contributed by atoms with Gasteiger partial charge in [0.1, 0.15) is 6.10 Å². The summed E-state index contributed by atoms with van der Waals surface area (Å²) < 4.78 is 16.2. The average Bonchev–Trinajstić information content (AvgIpc) is 2.89. The van der Waals surface area contributed by atoms with E-state index in [9.17, 15) is 0 Å². The third-order valence-corrected chi connectivity index (χ3v) is 5.74. The molecule has 4 heteroatoms. The maximum absolute atomic E-state index is 5.58. The highest BCUT2D eigenvalue weighted by Gasteiger charge is 2.29. The van der Waals surface area contributed by atoms with E-state index in [-0.39, 0.29) is 0 Å². The smallest absolute Gasteiger partial charge is 0.214 e. The van der Waals surface area contributed by atoms with Crippen LogP contribution in [0.4, 0.5) is 0 Å². The molecule has 3 nitrogen and oxygen atoms in total. The number of ether oxygens (including phenoxy) is 2. The lowest BCUT2D eigenvalue weighted by Crippen LogP contribution is -2.39. The molecular formula is C9H20O3Si. The highest BCUT2D eigenvalue weighted by Crippen LogP contribution is 2.15. The van der Waals surface area contributed by atoms with Gasteiger partial charge in [-0.3, -0.25) is 0 Å². The van der Waals surface area contributed by atoms with Gasteiger partial charge in [0.25, 0.3) is 0 Å². The van der Waals surface area contributed by atoms with Crippen molar-refractivity contribution >= 4 is 8.32 Å². The van der Waals surface area contributed by atoms with Gasteiger partial charge in [-0.1, -0.05) is 13.3 Å². The Labute approximate surface area is 81.5 Å². The topological polar surface area (TPSA) is 31.0 Å². The molecule has 1 saturated heterocycles. The fraction of sp³-hybridized carbons (Fsp3) is 1.00. The maximum atomic E-state index is 5.58. The van der Waals surface area contributed by atoms with E-state index in [2.05, 4.69) is 13.5 Å². The highest BCUT2D eigenvalue weighted by molar-refractivity contribution is 6.72. The van der Waals surface area contributed by atoms with Gasteiger partial charge in [-0.15, -0.1) is 0 Å². The minimum atomic E-state index is -1.54. The van der Waals surface area contributed by atoms with Gasteiger partial charge in [-0.25, -0.2) is 0 Å². The zero-order valence-electron chi connectivity index (χ0n) is 8.84. The zero-order chi connectivity index (χ0) is 9.73. The van der Waals surface area contributed by atoms with Gasteiger partial charge in [0.15, 0.2) is 0 Å². The predicted octanol–water partition coefficient (Wildman–Crippen LogP) is 1.57. The van der Waals surface area contributed by atoms with Gasteiger partial charge in [0.05, 0.1) is 19.4 Å². The molecule has 0 aromatic heterocycles. The molecule has 1 fully saturated rings. The molecule has 0 aromatic carbocycles. The molecule has 0 amide bonds. The standard InChI is InChI=1S/C9H20O3Si/c1-4-5-13(3,10-2)8-11-6-9-7-12-9/h9H,4-8H2,1-3H3. The van der Waals surface area contributed by atoms with Crippen LogP contribution in [0.1, 0.15) is 13.3 Å². The molecule has 1 heterocycles. The molecule has 0 saturated carbocycles. The Bertz CT molecular complexity index is 150. The van der Waals surface area contributed by atoms with Crippen molar-refractivity contribution in [2.24, 2.45) is 0 Å². The SMILES string of the molecule is CCC[Si](C)(COCC1CO1)OC. The van der Waals surface area contributed by atoms with Crippen LogP contribution in [0.15, 0.2) is 0 Å². The normalized spacial score (nSPS) is 25.6. The lowest BCUT2D eigenvalue weighted by Gasteiger charge is -2.24. The van der Waals surface area contributed by atoms with Crippen molar-refractivity contribution < 1.29 is 13.9 Å². The van der Waals surface area contributed by atoms with Gasteiger partial charge in [-0.05, 0) is 12.6 Å². The fourth-order valence-corrected chi connectivity index (χ4v) is 3.41. The van der Waals surface area contributed by atoms with Crippen molar-refractivity contribution in [3.8, 4) is 0 Å². The molecule has 1 aliphatic rings. The number of hydrogen-bond acceptors (Lipinski definition) is 3. The monoisotopic (exact) mass is 204 g/mol. The van der Waals surface area contributed by atoms with E-state index in [1.165, 1.54) is 12.5 Å². The minimum Gasteiger partial charge on any atom is -0.418 e. The maximum Gasteiger partial charge on any atom is 0.214 e. The second-order valence-electron chi connectivity index (χ2n) is 3.87. The Morgan fingerprint density at radius 3 is 2.69 bits per heavy atom. The van der Waals surface area contributed by atoms with Crippen molar-refractivity contribution in [2.45, 2.75) is 32.0 Å². The number of epoxide rings is 1. The van der Waals surface area contributed by atoms with E-state index in [1.54, 1.807) is 7.11 Å². The Kier molecular flexibility index (Phi) is 4.38. The summed E-state index contributed by atoms with van der Waals surface area (Å²) in [5.74, 6) is 0. The first-order chi connectivity index (χ1) is 6.20. The van der Waals surface area contributed by atoms with Crippen molar-refractivity contribution in [1.82, 2.24) is 0 Å². The van der Waals surface area contributed by atoms with E-state index in [1.807, 2.05) is 0 Å². The van der Waals surface area contributed by atoms with Crippen LogP contribution in [-0.4, -0.2) is 41.0 Å². The second-order valence-corrected chi connectivity index (χ2v) is 7.97. The van der Waals surface area contributed by atoms with Crippen LogP contribution >= 0.6 is 0 Å². The summed E-state index contributed by atoms with van der Waals surface area (Å²) >= 11 is 0. The van der Waals surface area contributed by atoms with Crippen LogP contribution in [0.5, 0.6) is 0 Å². The van der Waals surface area contributed by atoms with Gasteiger partial charge in [0.2, 0.25) is 8.32 Å². The average molecular weight is 204 g/mol. The Morgan fingerprint density at radius 1 is 1.54 bits per heavy atom. The summed E-state index contributed by atoms with van der Waals surface area (Å²) in [5, 5.41) is 0. The summed E-state index contributed by atoms with van der Waals surface area (Å²) in [7, 11) is 0.264. The van der Waals surface area contributed by atoms with Crippen molar-refractivity contribution in [3.63, 3.8) is 0 Å². The van der Waals surface area contributed by atoms with E-state index >= 15 is 0 Å². The molecule has 2 unspecified atom stereocenters. The molecule has 1 rings (SSSR count). The first-order valence-electron chi connectivity index (χ1n) is 4.94. The molecule has 0 N–H and O–H groups in total. The van der Waals surface area contributed by atoms with Crippen molar-refractivity contribution in [3.05, 3.63) is 0 Å². The van der Waals surface area contributed by atoms with Crippen molar-refractivity contribution in [1.29, 1.82) is 0 Å². The van der Waals surface area contributed by atoms with Crippen LogP contribution in [0.2, 0.25) is 12.6 Å². The predicted molar refractivity (Wildman–Crippen MR) is 54.3 cm³/mol. The molecule has 78 valence electrons. The Morgan fingerprint density at radius 2 is 2.23 bits per heavy atom. The quantitative estimate of drug-likeness (QED) is 0.466. The molecule has 0 bridgehead atoms. The van der Waals surface area contributed by atoms with Gasteiger partial charge >= 0.3 is 0 Å². The summed E-state index contributed by atoms with van der Waals surface area (Å²) in [5.41, 5.74) is 0. The molecule has 0 aromatic rings. The highest BCUT2D eigenvalue weighted by atomic mass is 28.4. The molecule has 13 heavy (non-hydrogen) atoms. The van der Waals surface area contributed by atoms with Crippen LogP contribution in [0.3, 0.4) is 0 Å². The molecule has 0 spiro atoms. The van der Waals surface area contributed by atoms with Gasteiger partial charge in [0, 0.05) is 7.11 Å². The molecule has 0 radical (unpaired) electrons. The lowest BCUT2D eigenvalue weighted by molar-refractivity contribution is 0.138. The van der Waals surface area contributed by atoms with Gasteiger partial charge < -0.3 is 13.9 Å². The third kappa shape index (κ3) is 4.22. The van der Waals surface area contributed by atoms with Crippen LogP contribution in [0, 0.1) is 0 Å². The minimum absolute atomic E-state index is 0.372. The van der Waals surface area contributed by atoms with Crippen molar-refractivity contribution in [2.75, 3.05) is 26.6 Å². The van der Waals surface area contributed by atoms with E-state index in [0.29, 0.717) is 6.10 Å². The zero-order valence-corrected chi connectivity index (χ0v) is 9.84. The van der Waals surface area contributed by atoms with E-state index in [4.69, 9.17) is 13.9 Å². The molecule has 2 atom stereocenters. The third-order valence-electron chi connectivity index (χ3n) is 2.39. The largest absolute Gasteiger partial charge is 0.418 e. The summed E-state index contributed by atoms with van der Waals surface area (Å²) in [6.07, 6.45) is 2.36. The van der Waals surface area contributed by atoms with Crippen LogP contribution in [-0.2, 0) is 13.9 Å². The first-order valence-corrected chi connectivity index (χ1v) is 7.77. The second kappa shape index (κ2) is 5.10. The summed E-state index contributed by atoms with van der Waals surface area (Å²) in [6.45, 7) is 6.03. The number of hydrogen-bond donors (Lipinski definition) is 0. The molecule has 1 aliphatic heterocycles. The van der Waals surface area contributed by atoms with E-state index in [0.717, 1.165) is 19.4 Å². The lowest BCUT2D eigenvalue weighted by atomic mass is 10.5. The number of rotatable bonds is 7. The summed E-state index contributed by atoms with van der Waals surface area (Å²) in [4.78, 5) is 0. The Balaban J connectivity index is 2.12. The van der Waals surface area contributed by atoms with Crippen LogP contribution in [0.25, 0.3) is 0 Å². The van der Waals surface area contributed by atoms with Crippen LogP contribution < -0.4 is 0 Å². The Hall–Kier alpha value is 0.0969. The fourth-order valence-electron chi connectivity index (χ4n) is 1.33. The van der Waals surface area contributed by atoms with E-state index < -0.39 is 8.32 Å². The first kappa shape index (κ1) is 11.2. The molecular weight excluding hydrogens is 184 g/mol.